The molecule has 0 bridgehead atoms. The van der Waals surface area contributed by atoms with E-state index in [4.69, 9.17) is 0 Å². The van der Waals surface area contributed by atoms with Crippen molar-refractivity contribution in [3.05, 3.63) is 75.8 Å². The Morgan fingerprint density at radius 2 is 1.96 bits per heavy atom. The number of fused-ring (bicyclic) bond motifs is 1. The van der Waals surface area contributed by atoms with Gasteiger partial charge in [0.2, 0.25) is 5.91 Å². The zero-order chi connectivity index (χ0) is 17.8. The smallest absolute Gasteiger partial charge is 0.234 e. The molecule has 1 amide bonds. The molecule has 0 fully saturated rings. The Morgan fingerprint density at radius 3 is 2.72 bits per heavy atom. The summed E-state index contributed by atoms with van der Waals surface area (Å²) in [5, 5.41) is 3.14. The molecular formula is C19H17FN2O2S. The number of halogens is 1. The lowest BCUT2D eigenvalue weighted by atomic mass is 10.2. The van der Waals surface area contributed by atoms with Crippen molar-refractivity contribution in [2.75, 3.05) is 11.1 Å². The summed E-state index contributed by atoms with van der Waals surface area (Å²) in [6.07, 6.45) is 0. The molecule has 3 rings (SSSR count). The highest BCUT2D eigenvalue weighted by atomic mass is 32.2. The molecule has 0 aliphatic rings. The number of aromatic amines is 1. The molecule has 0 aliphatic carbocycles. The van der Waals surface area contributed by atoms with E-state index in [0.717, 1.165) is 11.3 Å². The number of amides is 1. The minimum absolute atomic E-state index is 0.122. The van der Waals surface area contributed by atoms with Crippen LogP contribution in [0.3, 0.4) is 0 Å². The molecule has 1 heterocycles. The van der Waals surface area contributed by atoms with Crippen molar-refractivity contribution in [1.82, 2.24) is 4.98 Å². The van der Waals surface area contributed by atoms with Crippen LogP contribution in [0.25, 0.3) is 10.9 Å². The highest BCUT2D eigenvalue weighted by Gasteiger charge is 2.08. The largest absolute Gasteiger partial charge is 0.355 e. The molecule has 0 spiro atoms. The fraction of sp³-hybridized carbons (Fsp3) is 0.158. The maximum Gasteiger partial charge on any atom is 0.234 e. The third kappa shape index (κ3) is 4.28. The molecule has 1 aromatic heterocycles. The van der Waals surface area contributed by atoms with Gasteiger partial charge in [0, 0.05) is 28.6 Å². The Kier molecular flexibility index (Phi) is 5.19. The molecule has 0 saturated heterocycles. The fourth-order valence-corrected chi connectivity index (χ4v) is 3.19. The van der Waals surface area contributed by atoms with Crippen LogP contribution in [-0.2, 0) is 10.5 Å². The summed E-state index contributed by atoms with van der Waals surface area (Å²) in [7, 11) is 0. The normalized spacial score (nSPS) is 10.8. The summed E-state index contributed by atoms with van der Waals surface area (Å²) in [5.74, 6) is 0.0770. The van der Waals surface area contributed by atoms with Crippen molar-refractivity contribution in [3.8, 4) is 0 Å². The third-order valence-electron chi connectivity index (χ3n) is 3.70. The summed E-state index contributed by atoms with van der Waals surface area (Å²) < 4.78 is 13.8. The van der Waals surface area contributed by atoms with Crippen LogP contribution < -0.4 is 10.7 Å². The van der Waals surface area contributed by atoms with Gasteiger partial charge in [0.05, 0.1) is 11.3 Å². The van der Waals surface area contributed by atoms with Gasteiger partial charge < -0.3 is 10.3 Å². The molecule has 0 saturated carbocycles. The van der Waals surface area contributed by atoms with E-state index in [0.29, 0.717) is 16.8 Å². The molecular weight excluding hydrogens is 339 g/mol. The van der Waals surface area contributed by atoms with Crippen molar-refractivity contribution in [2.45, 2.75) is 12.7 Å². The second-order valence-corrected chi connectivity index (χ2v) is 6.71. The van der Waals surface area contributed by atoms with Gasteiger partial charge in [-0.15, -0.1) is 11.8 Å². The van der Waals surface area contributed by atoms with Crippen molar-refractivity contribution >= 4 is 34.3 Å². The lowest BCUT2D eigenvalue weighted by Gasteiger charge is -2.07. The number of carbonyl (C=O) groups is 1. The van der Waals surface area contributed by atoms with Gasteiger partial charge in [-0.1, -0.05) is 23.8 Å². The Bertz CT molecular complexity index is 967. The molecule has 25 heavy (non-hydrogen) atoms. The zero-order valence-corrected chi connectivity index (χ0v) is 14.5. The van der Waals surface area contributed by atoms with E-state index in [9.17, 15) is 14.0 Å². The van der Waals surface area contributed by atoms with Crippen LogP contribution in [-0.4, -0.2) is 16.6 Å². The summed E-state index contributed by atoms with van der Waals surface area (Å²) >= 11 is 1.36. The Hall–Kier alpha value is -2.60. The summed E-state index contributed by atoms with van der Waals surface area (Å²) in [4.78, 5) is 26.9. The second-order valence-electron chi connectivity index (χ2n) is 5.73. The van der Waals surface area contributed by atoms with Crippen LogP contribution in [0.2, 0.25) is 0 Å². The Morgan fingerprint density at radius 1 is 1.20 bits per heavy atom. The van der Waals surface area contributed by atoms with Crippen LogP contribution in [0, 0.1) is 12.7 Å². The maximum absolute atomic E-state index is 13.8. The van der Waals surface area contributed by atoms with E-state index < -0.39 is 5.82 Å². The highest BCUT2D eigenvalue weighted by Crippen LogP contribution is 2.16. The molecule has 128 valence electrons. The zero-order valence-electron chi connectivity index (χ0n) is 13.6. The molecule has 2 N–H and O–H groups in total. The average molecular weight is 356 g/mol. The highest BCUT2D eigenvalue weighted by molar-refractivity contribution is 7.99. The quantitative estimate of drug-likeness (QED) is 0.730. The van der Waals surface area contributed by atoms with Crippen molar-refractivity contribution < 1.29 is 9.18 Å². The van der Waals surface area contributed by atoms with E-state index in [1.807, 2.05) is 31.2 Å². The number of thioether (sulfide) groups is 1. The molecule has 0 atom stereocenters. The van der Waals surface area contributed by atoms with E-state index in [2.05, 4.69) is 10.3 Å². The fourth-order valence-electron chi connectivity index (χ4n) is 2.45. The summed E-state index contributed by atoms with van der Waals surface area (Å²) in [6, 6.07) is 13.4. The van der Waals surface area contributed by atoms with Gasteiger partial charge >= 0.3 is 0 Å². The number of pyridine rings is 1. The number of anilines is 1. The predicted octanol–water partition coefficient (Wildman–Crippen LogP) is 3.85. The van der Waals surface area contributed by atoms with Crippen molar-refractivity contribution in [2.24, 2.45) is 0 Å². The second kappa shape index (κ2) is 7.53. The average Bonchev–Trinajstić information content (AvgIpc) is 2.58. The lowest BCUT2D eigenvalue weighted by Crippen LogP contribution is -2.14. The summed E-state index contributed by atoms with van der Waals surface area (Å²) in [5.41, 5.74) is 2.44. The topological polar surface area (TPSA) is 62.0 Å². The number of carbonyl (C=O) groups excluding carboxylic acids is 1. The van der Waals surface area contributed by atoms with Crippen molar-refractivity contribution in [1.29, 1.82) is 0 Å². The first-order valence-electron chi connectivity index (χ1n) is 7.77. The number of H-pyrrole nitrogens is 1. The number of aromatic nitrogens is 1. The van der Waals surface area contributed by atoms with Crippen LogP contribution >= 0.6 is 11.8 Å². The molecule has 0 aliphatic heterocycles. The van der Waals surface area contributed by atoms with E-state index >= 15 is 0 Å². The number of hydrogen-bond donors (Lipinski definition) is 2. The molecule has 2 aromatic carbocycles. The van der Waals surface area contributed by atoms with E-state index in [-0.39, 0.29) is 22.6 Å². The van der Waals surface area contributed by atoms with Crippen LogP contribution in [0.15, 0.2) is 53.3 Å². The number of nitrogens with one attached hydrogen (secondary N) is 2. The number of para-hydroxylation sites is 1. The van der Waals surface area contributed by atoms with E-state index in [1.165, 1.54) is 30.0 Å². The van der Waals surface area contributed by atoms with E-state index in [1.54, 1.807) is 6.07 Å². The van der Waals surface area contributed by atoms with Gasteiger partial charge in [0.15, 0.2) is 5.43 Å². The SMILES string of the molecule is Cc1ccc(NC(=O)CSCc2cc(=O)c3cccc(F)c3[nH]2)cc1. The first kappa shape index (κ1) is 17.2. The Labute approximate surface area is 148 Å². The number of rotatable bonds is 5. The first-order valence-corrected chi connectivity index (χ1v) is 8.93. The molecule has 0 radical (unpaired) electrons. The standard InChI is InChI=1S/C19H17FN2O2S/c1-12-5-7-13(8-6-12)21-18(24)11-25-10-14-9-17(23)15-3-2-4-16(20)19(15)22-14/h2-9H,10-11H2,1H3,(H,21,24)(H,22,23). The number of aryl methyl sites for hydroxylation is 1. The van der Waals surface area contributed by atoms with Gasteiger partial charge in [-0.05, 0) is 31.2 Å². The van der Waals surface area contributed by atoms with Crippen molar-refractivity contribution in [3.63, 3.8) is 0 Å². The van der Waals surface area contributed by atoms with Gasteiger partial charge in [-0.3, -0.25) is 9.59 Å². The van der Waals surface area contributed by atoms with Gasteiger partial charge in [-0.2, -0.15) is 0 Å². The molecule has 6 heteroatoms. The van der Waals surface area contributed by atoms with Gasteiger partial charge in [0.25, 0.3) is 0 Å². The van der Waals surface area contributed by atoms with Gasteiger partial charge in [-0.25, -0.2) is 4.39 Å². The predicted molar refractivity (Wildman–Crippen MR) is 100 cm³/mol. The monoisotopic (exact) mass is 356 g/mol. The maximum atomic E-state index is 13.8. The molecule has 3 aromatic rings. The third-order valence-corrected chi connectivity index (χ3v) is 4.68. The van der Waals surface area contributed by atoms with Gasteiger partial charge in [0.1, 0.15) is 5.82 Å². The van der Waals surface area contributed by atoms with Crippen LogP contribution in [0.4, 0.5) is 10.1 Å². The minimum Gasteiger partial charge on any atom is -0.355 e. The minimum atomic E-state index is -0.460. The number of benzene rings is 2. The molecule has 0 unspecified atom stereocenters. The van der Waals surface area contributed by atoms with Crippen LogP contribution in [0.1, 0.15) is 11.3 Å². The summed E-state index contributed by atoms with van der Waals surface area (Å²) in [6.45, 7) is 1.98. The number of hydrogen-bond acceptors (Lipinski definition) is 3. The Balaban J connectivity index is 1.61. The lowest BCUT2D eigenvalue weighted by molar-refractivity contribution is -0.113. The molecule has 4 nitrogen and oxygen atoms in total. The van der Waals surface area contributed by atoms with Crippen LogP contribution in [0.5, 0.6) is 0 Å². The first-order chi connectivity index (χ1) is 12.0.